The Bertz CT molecular complexity index is 963. The van der Waals surface area contributed by atoms with Crippen LogP contribution in [0.2, 0.25) is 0 Å². The first-order valence-corrected chi connectivity index (χ1v) is 20.2. The van der Waals surface area contributed by atoms with Gasteiger partial charge in [-0.15, -0.1) is 0 Å². The highest BCUT2D eigenvalue weighted by molar-refractivity contribution is 5.77. The zero-order valence-corrected chi connectivity index (χ0v) is 32.2. The van der Waals surface area contributed by atoms with Crippen molar-refractivity contribution in [2.24, 2.45) is 0 Å². The minimum Gasteiger partial charge on any atom is -0.462 e. The van der Waals surface area contributed by atoms with Gasteiger partial charge >= 0.3 is 5.97 Å². The largest absolute Gasteiger partial charge is 0.462 e. The summed E-state index contributed by atoms with van der Waals surface area (Å²) >= 11 is 0. The molecule has 0 saturated heterocycles. The van der Waals surface area contributed by atoms with Crippen molar-refractivity contribution in [2.75, 3.05) is 6.61 Å². The van der Waals surface area contributed by atoms with E-state index in [1.54, 1.807) is 0 Å². The zero-order valence-electron chi connectivity index (χ0n) is 32.2. The quantitative estimate of drug-likeness (QED) is 0.0269. The van der Waals surface area contributed by atoms with E-state index in [-0.39, 0.29) is 24.9 Å². The van der Waals surface area contributed by atoms with E-state index < -0.39 is 18.2 Å². The first kappa shape index (κ1) is 47.3. The summed E-state index contributed by atoms with van der Waals surface area (Å²) in [6.07, 6.45) is 45.4. The van der Waals surface area contributed by atoms with Crippen LogP contribution in [0.4, 0.5) is 0 Å². The third kappa shape index (κ3) is 32.5. The van der Waals surface area contributed by atoms with Crippen molar-refractivity contribution in [2.45, 2.75) is 187 Å². The molecule has 0 saturated carbocycles. The predicted octanol–water partition coefficient (Wildman–Crippen LogP) is 11.1. The fraction of sp³-hybridized carbons (Fsp3) is 0.682. The van der Waals surface area contributed by atoms with Crippen LogP contribution in [0, 0.1) is 0 Å². The standard InChI is InChI=1S/C44H75NO5/c1-4-7-10-13-16-19-20-21-22-25-28-31-34-37-44(49)50-40(35-32-29-26-23-17-14-11-8-5-2)38-43(48)45-41(39-46)42(47)36-33-30-27-24-18-15-12-9-6-3/h7,10,13-14,16-17,19-22,25,28,40-42,46-47H,4-6,8-9,11-12,15,18,23-24,26-27,29-39H2,1-3H3,(H,45,48)/b10-7+,16-13+,17-14-,20-19-,22-21-,28-25+. The van der Waals surface area contributed by atoms with Gasteiger partial charge in [-0.1, -0.05) is 171 Å². The lowest BCUT2D eigenvalue weighted by Crippen LogP contribution is -2.46. The zero-order chi connectivity index (χ0) is 36.8. The van der Waals surface area contributed by atoms with E-state index in [0.717, 1.165) is 64.2 Å². The fourth-order valence-corrected chi connectivity index (χ4v) is 5.56. The number of allylic oxidation sites excluding steroid dienone is 12. The monoisotopic (exact) mass is 698 g/mol. The average molecular weight is 698 g/mol. The number of carbonyl (C=O) groups is 2. The number of hydrogen-bond acceptors (Lipinski definition) is 5. The van der Waals surface area contributed by atoms with E-state index in [1.807, 2.05) is 54.7 Å². The normalized spacial score (nSPS) is 14.3. The molecule has 0 aromatic carbocycles. The minimum atomic E-state index is -0.802. The molecule has 50 heavy (non-hydrogen) atoms. The van der Waals surface area contributed by atoms with Gasteiger partial charge in [0.25, 0.3) is 0 Å². The maximum absolute atomic E-state index is 13.0. The number of unbranched alkanes of at least 4 members (excludes halogenated alkanes) is 14. The second kappa shape index (κ2) is 37.6. The number of rotatable bonds is 34. The number of aliphatic hydroxyl groups excluding tert-OH is 2. The molecular weight excluding hydrogens is 622 g/mol. The van der Waals surface area contributed by atoms with E-state index >= 15 is 0 Å². The van der Waals surface area contributed by atoms with Gasteiger partial charge in [0.2, 0.25) is 5.91 Å². The van der Waals surface area contributed by atoms with Crippen LogP contribution >= 0.6 is 0 Å². The second-order valence-corrected chi connectivity index (χ2v) is 13.4. The summed E-state index contributed by atoms with van der Waals surface area (Å²) in [7, 11) is 0. The summed E-state index contributed by atoms with van der Waals surface area (Å²) in [6, 6.07) is -0.719. The van der Waals surface area contributed by atoms with Crippen molar-refractivity contribution in [3.8, 4) is 0 Å². The van der Waals surface area contributed by atoms with Crippen LogP contribution in [-0.4, -0.2) is 46.9 Å². The topological polar surface area (TPSA) is 95.9 Å². The minimum absolute atomic E-state index is 0.0339. The summed E-state index contributed by atoms with van der Waals surface area (Å²) < 4.78 is 5.81. The third-order valence-electron chi connectivity index (χ3n) is 8.65. The summed E-state index contributed by atoms with van der Waals surface area (Å²) in [5.74, 6) is -0.593. The number of ether oxygens (including phenoxy) is 1. The first-order chi connectivity index (χ1) is 24.5. The Morgan fingerprint density at radius 2 is 1.12 bits per heavy atom. The lowest BCUT2D eigenvalue weighted by molar-refractivity contribution is -0.151. The summed E-state index contributed by atoms with van der Waals surface area (Å²) in [5, 5.41) is 23.4. The Morgan fingerprint density at radius 3 is 1.74 bits per heavy atom. The first-order valence-electron chi connectivity index (χ1n) is 20.2. The molecule has 3 atom stereocenters. The smallest absolute Gasteiger partial charge is 0.306 e. The van der Waals surface area contributed by atoms with Gasteiger partial charge in [-0.05, 0) is 57.8 Å². The Labute approximate surface area is 307 Å². The molecule has 0 rings (SSSR count). The molecule has 6 heteroatoms. The summed E-state index contributed by atoms with van der Waals surface area (Å²) in [6.45, 7) is 6.21. The van der Waals surface area contributed by atoms with Crippen LogP contribution in [0.15, 0.2) is 72.9 Å². The maximum Gasteiger partial charge on any atom is 0.306 e. The number of hydrogen-bond donors (Lipinski definition) is 3. The molecular formula is C44H75NO5. The van der Waals surface area contributed by atoms with Gasteiger partial charge in [-0.3, -0.25) is 9.59 Å². The van der Waals surface area contributed by atoms with E-state index in [1.165, 1.54) is 51.4 Å². The Morgan fingerprint density at radius 1 is 0.600 bits per heavy atom. The lowest BCUT2D eigenvalue weighted by atomic mass is 10.0. The number of esters is 1. The predicted molar refractivity (Wildman–Crippen MR) is 213 cm³/mol. The molecule has 286 valence electrons. The molecule has 0 radical (unpaired) electrons. The van der Waals surface area contributed by atoms with E-state index in [9.17, 15) is 19.8 Å². The van der Waals surface area contributed by atoms with Crippen molar-refractivity contribution in [1.82, 2.24) is 5.32 Å². The van der Waals surface area contributed by atoms with Crippen molar-refractivity contribution in [3.05, 3.63) is 72.9 Å². The highest BCUT2D eigenvalue weighted by atomic mass is 16.5. The van der Waals surface area contributed by atoms with Gasteiger partial charge in [0, 0.05) is 6.42 Å². The molecule has 0 spiro atoms. The number of amides is 1. The highest BCUT2D eigenvalue weighted by Gasteiger charge is 2.23. The maximum atomic E-state index is 13.0. The summed E-state index contributed by atoms with van der Waals surface area (Å²) in [5.41, 5.74) is 0. The van der Waals surface area contributed by atoms with Crippen molar-refractivity contribution < 1.29 is 24.5 Å². The van der Waals surface area contributed by atoms with E-state index in [4.69, 9.17) is 4.74 Å². The number of nitrogens with one attached hydrogen (secondary N) is 1. The molecule has 0 aliphatic heterocycles. The van der Waals surface area contributed by atoms with Crippen molar-refractivity contribution in [1.29, 1.82) is 0 Å². The molecule has 3 N–H and O–H groups in total. The van der Waals surface area contributed by atoms with Crippen molar-refractivity contribution >= 4 is 11.9 Å². The molecule has 0 fully saturated rings. The molecule has 0 aromatic heterocycles. The van der Waals surface area contributed by atoms with Crippen LogP contribution in [-0.2, 0) is 14.3 Å². The fourth-order valence-electron chi connectivity index (χ4n) is 5.56. The van der Waals surface area contributed by atoms with Gasteiger partial charge in [-0.2, -0.15) is 0 Å². The Balaban J connectivity index is 4.75. The van der Waals surface area contributed by atoms with Gasteiger partial charge in [0.1, 0.15) is 6.10 Å². The van der Waals surface area contributed by atoms with Gasteiger partial charge in [0.05, 0.1) is 25.2 Å². The lowest BCUT2D eigenvalue weighted by Gasteiger charge is -2.24. The van der Waals surface area contributed by atoms with E-state index in [2.05, 4.69) is 44.3 Å². The molecule has 0 bridgehead atoms. The summed E-state index contributed by atoms with van der Waals surface area (Å²) in [4.78, 5) is 25.8. The molecule has 3 unspecified atom stereocenters. The third-order valence-corrected chi connectivity index (χ3v) is 8.65. The average Bonchev–Trinajstić information content (AvgIpc) is 3.10. The number of carbonyl (C=O) groups excluding carboxylic acids is 2. The van der Waals surface area contributed by atoms with E-state index in [0.29, 0.717) is 25.7 Å². The van der Waals surface area contributed by atoms with Crippen LogP contribution in [0.3, 0.4) is 0 Å². The van der Waals surface area contributed by atoms with Gasteiger partial charge in [0.15, 0.2) is 0 Å². The second-order valence-electron chi connectivity index (χ2n) is 13.4. The van der Waals surface area contributed by atoms with Crippen LogP contribution < -0.4 is 5.32 Å². The molecule has 0 aromatic rings. The van der Waals surface area contributed by atoms with Crippen LogP contribution in [0.5, 0.6) is 0 Å². The Kier molecular flexibility index (Phi) is 35.5. The van der Waals surface area contributed by atoms with Crippen molar-refractivity contribution in [3.63, 3.8) is 0 Å². The molecule has 1 amide bonds. The van der Waals surface area contributed by atoms with Crippen LogP contribution in [0.25, 0.3) is 0 Å². The molecule has 6 nitrogen and oxygen atoms in total. The molecule has 0 heterocycles. The Hall–Kier alpha value is -2.70. The molecule has 0 aliphatic carbocycles. The number of aliphatic hydroxyl groups is 2. The highest BCUT2D eigenvalue weighted by Crippen LogP contribution is 2.16. The SMILES string of the molecule is CC/C=C/C=C/C=C\C=C/C=C/CCCC(=O)OC(CCCCC/C=C\CCCC)CC(=O)NC(CO)C(O)CCCCCCCCCCC. The van der Waals surface area contributed by atoms with Crippen LogP contribution in [0.1, 0.15) is 168 Å². The van der Waals surface area contributed by atoms with Gasteiger partial charge < -0.3 is 20.3 Å². The van der Waals surface area contributed by atoms with Gasteiger partial charge in [-0.25, -0.2) is 0 Å². The molecule has 0 aliphatic rings.